The van der Waals surface area contributed by atoms with Crippen LogP contribution >= 0.6 is 23.2 Å². The second kappa shape index (κ2) is 4.97. The van der Waals surface area contributed by atoms with E-state index in [4.69, 9.17) is 23.2 Å². The monoisotopic (exact) mass is 294 g/mol. The lowest BCUT2D eigenvalue weighted by Crippen LogP contribution is -2.42. The fraction of sp³-hybridized carbons (Fsp3) is 0.455. The van der Waals surface area contributed by atoms with Gasteiger partial charge in [0, 0.05) is 32.1 Å². The summed E-state index contributed by atoms with van der Waals surface area (Å²) >= 11 is 11.5. The first kappa shape index (κ1) is 13.5. The van der Waals surface area contributed by atoms with Gasteiger partial charge in [-0.25, -0.2) is 13.8 Å². The Morgan fingerprint density at radius 3 is 2.56 bits per heavy atom. The SMILES string of the molecule is O=C(c1cc(Cl)ncc1Cl)N1CCC(F)(F)CC1. The smallest absolute Gasteiger partial charge is 0.255 e. The van der Waals surface area contributed by atoms with Crippen molar-refractivity contribution in [3.8, 4) is 0 Å². The zero-order chi connectivity index (χ0) is 13.3. The topological polar surface area (TPSA) is 33.2 Å². The zero-order valence-corrected chi connectivity index (χ0v) is 10.8. The number of halogens is 4. The Morgan fingerprint density at radius 2 is 1.94 bits per heavy atom. The van der Waals surface area contributed by atoms with Gasteiger partial charge in [-0.2, -0.15) is 0 Å². The van der Waals surface area contributed by atoms with Crippen LogP contribution in [-0.2, 0) is 0 Å². The summed E-state index contributed by atoms with van der Waals surface area (Å²) in [5, 5.41) is 0.312. The van der Waals surface area contributed by atoms with E-state index in [1.54, 1.807) is 0 Å². The van der Waals surface area contributed by atoms with E-state index in [0.29, 0.717) is 0 Å². The first-order chi connectivity index (χ1) is 8.39. The van der Waals surface area contributed by atoms with Crippen molar-refractivity contribution in [2.75, 3.05) is 13.1 Å². The fourth-order valence-electron chi connectivity index (χ4n) is 1.78. The van der Waals surface area contributed by atoms with Crippen LogP contribution in [0.15, 0.2) is 12.3 Å². The Hall–Kier alpha value is -0.940. The minimum Gasteiger partial charge on any atom is -0.338 e. The van der Waals surface area contributed by atoms with Crippen molar-refractivity contribution in [3.63, 3.8) is 0 Å². The number of hydrogen-bond acceptors (Lipinski definition) is 2. The average Bonchev–Trinajstić information content (AvgIpc) is 2.31. The standard InChI is InChI=1S/C11H10Cl2F2N2O/c12-8-6-16-9(13)5-7(8)10(18)17-3-1-11(14,15)2-4-17/h5-6H,1-4H2. The highest BCUT2D eigenvalue weighted by atomic mass is 35.5. The van der Waals surface area contributed by atoms with Crippen molar-refractivity contribution in [2.24, 2.45) is 0 Å². The summed E-state index contributed by atoms with van der Waals surface area (Å²) in [6.45, 7) is 0.0320. The van der Waals surface area contributed by atoms with Gasteiger partial charge in [0.2, 0.25) is 0 Å². The fourth-order valence-corrected chi connectivity index (χ4v) is 2.13. The van der Waals surface area contributed by atoms with Gasteiger partial charge in [0.05, 0.1) is 10.6 Å². The summed E-state index contributed by atoms with van der Waals surface area (Å²) in [6.07, 6.45) is 0.625. The van der Waals surface area contributed by atoms with Crippen LogP contribution in [0.25, 0.3) is 0 Å². The maximum Gasteiger partial charge on any atom is 0.255 e. The predicted molar refractivity (Wildman–Crippen MR) is 64.3 cm³/mol. The maximum absolute atomic E-state index is 13.0. The van der Waals surface area contributed by atoms with E-state index in [2.05, 4.69) is 4.98 Å². The van der Waals surface area contributed by atoms with Gasteiger partial charge in [0.25, 0.3) is 11.8 Å². The molecule has 0 atom stereocenters. The van der Waals surface area contributed by atoms with Crippen molar-refractivity contribution < 1.29 is 13.6 Å². The van der Waals surface area contributed by atoms with Crippen LogP contribution in [0, 0.1) is 0 Å². The van der Waals surface area contributed by atoms with E-state index in [0.717, 1.165) is 0 Å². The molecule has 1 saturated heterocycles. The van der Waals surface area contributed by atoms with Crippen LogP contribution in [0.2, 0.25) is 10.2 Å². The molecule has 0 unspecified atom stereocenters. The number of carbonyl (C=O) groups is 1. The zero-order valence-electron chi connectivity index (χ0n) is 9.30. The number of alkyl halides is 2. The van der Waals surface area contributed by atoms with Crippen molar-refractivity contribution >= 4 is 29.1 Å². The number of nitrogens with zero attached hydrogens (tertiary/aromatic N) is 2. The highest BCUT2D eigenvalue weighted by Gasteiger charge is 2.36. The van der Waals surface area contributed by atoms with Gasteiger partial charge in [-0.15, -0.1) is 0 Å². The van der Waals surface area contributed by atoms with Gasteiger partial charge >= 0.3 is 0 Å². The summed E-state index contributed by atoms with van der Waals surface area (Å²) in [5.41, 5.74) is 0.196. The molecule has 0 aromatic carbocycles. The predicted octanol–water partition coefficient (Wildman–Crippen LogP) is 3.26. The van der Waals surface area contributed by atoms with Crippen molar-refractivity contribution in [1.82, 2.24) is 9.88 Å². The third kappa shape index (κ3) is 2.90. The minimum absolute atomic E-state index is 0.0160. The van der Waals surface area contributed by atoms with Gasteiger partial charge in [0.1, 0.15) is 5.15 Å². The molecule has 2 rings (SSSR count). The van der Waals surface area contributed by atoms with E-state index < -0.39 is 5.92 Å². The molecule has 1 aliphatic rings. The summed E-state index contributed by atoms with van der Waals surface area (Å²) in [6, 6.07) is 1.35. The number of carbonyl (C=O) groups excluding carboxylic acids is 1. The van der Waals surface area contributed by atoms with Crippen LogP contribution < -0.4 is 0 Å². The van der Waals surface area contributed by atoms with Crippen LogP contribution in [0.5, 0.6) is 0 Å². The normalized spacial score (nSPS) is 18.8. The highest BCUT2D eigenvalue weighted by molar-refractivity contribution is 6.35. The molecule has 0 N–H and O–H groups in total. The van der Waals surface area contributed by atoms with E-state index in [1.807, 2.05) is 0 Å². The third-order valence-corrected chi connectivity index (χ3v) is 3.34. The third-order valence-electron chi connectivity index (χ3n) is 2.83. The Kier molecular flexibility index (Phi) is 3.73. The molecule has 1 aromatic rings. The van der Waals surface area contributed by atoms with Crippen LogP contribution in [0.4, 0.5) is 8.78 Å². The minimum atomic E-state index is -2.68. The lowest BCUT2D eigenvalue weighted by Gasteiger charge is -2.31. The molecule has 2 heterocycles. The lowest BCUT2D eigenvalue weighted by atomic mass is 10.1. The second-order valence-corrected chi connectivity index (χ2v) is 4.93. The van der Waals surface area contributed by atoms with Gasteiger partial charge in [-0.3, -0.25) is 4.79 Å². The average molecular weight is 295 g/mol. The lowest BCUT2D eigenvalue weighted by molar-refractivity contribution is -0.0494. The molecule has 3 nitrogen and oxygen atoms in total. The van der Waals surface area contributed by atoms with Gasteiger partial charge in [-0.1, -0.05) is 23.2 Å². The Balaban J connectivity index is 2.15. The van der Waals surface area contributed by atoms with Crippen molar-refractivity contribution in [2.45, 2.75) is 18.8 Å². The summed E-state index contributed by atoms with van der Waals surface area (Å²) in [4.78, 5) is 17.2. The number of aromatic nitrogens is 1. The number of pyridine rings is 1. The molecule has 18 heavy (non-hydrogen) atoms. The van der Waals surface area contributed by atoms with E-state index in [9.17, 15) is 13.6 Å². The molecule has 1 aromatic heterocycles. The van der Waals surface area contributed by atoms with E-state index in [1.165, 1.54) is 17.2 Å². The first-order valence-corrected chi connectivity index (χ1v) is 6.13. The molecule has 1 amide bonds. The van der Waals surface area contributed by atoms with E-state index in [-0.39, 0.29) is 47.6 Å². The first-order valence-electron chi connectivity index (χ1n) is 5.37. The molecule has 0 saturated carbocycles. The number of piperidine rings is 1. The molecule has 1 aliphatic heterocycles. The number of rotatable bonds is 1. The molecular weight excluding hydrogens is 285 g/mol. The molecule has 0 aliphatic carbocycles. The number of hydrogen-bond donors (Lipinski definition) is 0. The molecule has 7 heteroatoms. The van der Waals surface area contributed by atoms with Crippen molar-refractivity contribution in [3.05, 3.63) is 28.0 Å². The van der Waals surface area contributed by atoms with E-state index >= 15 is 0 Å². The van der Waals surface area contributed by atoms with Crippen LogP contribution in [-0.4, -0.2) is 34.8 Å². The van der Waals surface area contributed by atoms with Crippen molar-refractivity contribution in [1.29, 1.82) is 0 Å². The number of amides is 1. The summed E-state index contributed by atoms with van der Waals surface area (Å²) in [7, 11) is 0. The molecule has 1 fully saturated rings. The van der Waals surface area contributed by atoms with Crippen LogP contribution in [0.1, 0.15) is 23.2 Å². The Labute approximate surface area is 113 Å². The highest BCUT2D eigenvalue weighted by Crippen LogP contribution is 2.29. The molecule has 0 spiro atoms. The molecular formula is C11H10Cl2F2N2O. The van der Waals surface area contributed by atoms with Gasteiger partial charge in [0.15, 0.2) is 0 Å². The largest absolute Gasteiger partial charge is 0.338 e. The van der Waals surface area contributed by atoms with Gasteiger partial charge in [-0.05, 0) is 6.07 Å². The van der Waals surface area contributed by atoms with Crippen LogP contribution in [0.3, 0.4) is 0 Å². The van der Waals surface area contributed by atoms with Gasteiger partial charge < -0.3 is 4.90 Å². The molecule has 98 valence electrons. The quantitative estimate of drug-likeness (QED) is 0.745. The Bertz CT molecular complexity index is 472. The second-order valence-electron chi connectivity index (χ2n) is 4.14. The summed E-state index contributed by atoms with van der Waals surface area (Å²) in [5.74, 6) is -3.07. The number of likely N-dealkylation sites (tertiary alicyclic amines) is 1. The molecule has 0 radical (unpaired) electrons. The maximum atomic E-state index is 13.0. The Morgan fingerprint density at radius 1 is 1.33 bits per heavy atom. The molecule has 0 bridgehead atoms. The summed E-state index contributed by atoms with van der Waals surface area (Å²) < 4.78 is 26.0.